The lowest BCUT2D eigenvalue weighted by molar-refractivity contribution is -0.220. The van der Waals surface area contributed by atoms with Crippen LogP contribution in [0.2, 0.25) is 0 Å². The number of hydrogen-bond acceptors (Lipinski definition) is 5. The van der Waals surface area contributed by atoms with Gasteiger partial charge in [-0.05, 0) is 49.4 Å². The van der Waals surface area contributed by atoms with Crippen molar-refractivity contribution in [3.8, 4) is 0 Å². The maximum Gasteiger partial charge on any atom is 0.334 e. The molecular weight excluding hydrogens is 320 g/mol. The predicted molar refractivity (Wildman–Crippen MR) is 90.5 cm³/mol. The summed E-state index contributed by atoms with van der Waals surface area (Å²) in [6.07, 6.45) is 1.90. The van der Waals surface area contributed by atoms with Crippen molar-refractivity contribution >= 4 is 11.8 Å². The van der Waals surface area contributed by atoms with Crippen molar-refractivity contribution in [3.05, 3.63) is 11.1 Å². The van der Waals surface area contributed by atoms with Crippen molar-refractivity contribution in [2.45, 2.75) is 77.6 Å². The van der Waals surface area contributed by atoms with Crippen LogP contribution in [-0.4, -0.2) is 39.8 Å². The molecule has 4 aliphatic rings. The second kappa shape index (κ2) is 4.95. The van der Waals surface area contributed by atoms with Crippen molar-refractivity contribution < 1.29 is 24.5 Å². The minimum Gasteiger partial charge on any atom is -0.446 e. The number of ether oxygens (including phenoxy) is 1. The van der Waals surface area contributed by atoms with Gasteiger partial charge in [-0.3, -0.25) is 4.79 Å². The number of aliphatic hydroxyl groups excluding tert-OH is 1. The van der Waals surface area contributed by atoms with Crippen molar-refractivity contribution in [1.29, 1.82) is 0 Å². The highest BCUT2D eigenvalue weighted by atomic mass is 16.6. The molecule has 3 aliphatic carbocycles. The third-order valence-electron chi connectivity index (χ3n) is 7.83. The average molecular weight is 348 g/mol. The summed E-state index contributed by atoms with van der Waals surface area (Å²) in [6, 6.07) is 0. The fourth-order valence-corrected chi connectivity index (χ4v) is 6.74. The molecule has 0 saturated heterocycles. The molecule has 5 nitrogen and oxygen atoms in total. The van der Waals surface area contributed by atoms with Gasteiger partial charge in [-0.25, -0.2) is 4.79 Å². The van der Waals surface area contributed by atoms with Crippen molar-refractivity contribution in [2.24, 2.45) is 22.7 Å². The van der Waals surface area contributed by atoms with Gasteiger partial charge < -0.3 is 14.9 Å². The van der Waals surface area contributed by atoms with Crippen LogP contribution in [0.1, 0.15) is 59.8 Å². The van der Waals surface area contributed by atoms with Gasteiger partial charge in [0.1, 0.15) is 11.7 Å². The molecular formula is C20H28O5. The van der Waals surface area contributed by atoms with Crippen LogP contribution in [0.5, 0.6) is 0 Å². The van der Waals surface area contributed by atoms with Crippen LogP contribution < -0.4 is 0 Å². The van der Waals surface area contributed by atoms with E-state index in [4.69, 9.17) is 4.74 Å². The van der Waals surface area contributed by atoms with Gasteiger partial charge in [-0.15, -0.1) is 0 Å². The molecule has 3 fully saturated rings. The minimum absolute atomic E-state index is 0.0952. The monoisotopic (exact) mass is 348 g/mol. The summed E-state index contributed by atoms with van der Waals surface area (Å²) < 4.78 is 5.30. The van der Waals surface area contributed by atoms with Crippen LogP contribution in [0.15, 0.2) is 11.1 Å². The SMILES string of the molecule is CC1=C2[C@@H](OC1=O)C(=O)[C@H]1[C@]3(C)CCCC(C)(C)[C@H]3CC[C@]1(O)[C@H]2O. The lowest BCUT2D eigenvalue weighted by Gasteiger charge is -2.63. The highest BCUT2D eigenvalue weighted by Gasteiger charge is 2.69. The maximum absolute atomic E-state index is 13.4. The third-order valence-corrected chi connectivity index (χ3v) is 7.83. The summed E-state index contributed by atoms with van der Waals surface area (Å²) >= 11 is 0. The molecule has 2 N–H and O–H groups in total. The average Bonchev–Trinajstić information content (AvgIpc) is 2.80. The highest BCUT2D eigenvalue weighted by Crippen LogP contribution is 2.65. The second-order valence-corrected chi connectivity index (χ2v) is 9.53. The van der Waals surface area contributed by atoms with Crippen LogP contribution in [-0.2, 0) is 14.3 Å². The number of esters is 1. The quantitative estimate of drug-likeness (QED) is 0.655. The van der Waals surface area contributed by atoms with Gasteiger partial charge in [0, 0.05) is 11.1 Å². The second-order valence-electron chi connectivity index (χ2n) is 9.53. The minimum atomic E-state index is -1.50. The van der Waals surface area contributed by atoms with Crippen LogP contribution in [0.3, 0.4) is 0 Å². The van der Waals surface area contributed by atoms with Crippen LogP contribution in [0, 0.1) is 22.7 Å². The Kier molecular flexibility index (Phi) is 3.41. The third kappa shape index (κ3) is 1.97. The predicted octanol–water partition coefficient (Wildman–Crippen LogP) is 2.15. The topological polar surface area (TPSA) is 83.8 Å². The van der Waals surface area contributed by atoms with Crippen molar-refractivity contribution in [3.63, 3.8) is 0 Å². The molecule has 1 heterocycles. The maximum atomic E-state index is 13.4. The Morgan fingerprint density at radius 1 is 1.12 bits per heavy atom. The Hall–Kier alpha value is -1.20. The smallest absolute Gasteiger partial charge is 0.334 e. The first-order valence-electron chi connectivity index (χ1n) is 9.40. The Balaban J connectivity index is 1.85. The molecule has 4 rings (SSSR count). The largest absolute Gasteiger partial charge is 0.446 e. The number of rotatable bonds is 0. The van der Waals surface area contributed by atoms with Gasteiger partial charge >= 0.3 is 5.97 Å². The number of carbonyl (C=O) groups excluding carboxylic acids is 2. The van der Waals surface area contributed by atoms with E-state index in [2.05, 4.69) is 20.8 Å². The molecule has 0 radical (unpaired) electrons. The van der Waals surface area contributed by atoms with E-state index < -0.39 is 29.7 Å². The molecule has 0 amide bonds. The first-order chi connectivity index (χ1) is 11.5. The van der Waals surface area contributed by atoms with Gasteiger partial charge in [-0.2, -0.15) is 0 Å². The van der Waals surface area contributed by atoms with E-state index >= 15 is 0 Å². The Labute approximate surface area is 148 Å². The molecule has 0 bridgehead atoms. The summed E-state index contributed by atoms with van der Waals surface area (Å²) in [4.78, 5) is 25.4. The van der Waals surface area contributed by atoms with E-state index in [0.717, 1.165) is 25.7 Å². The summed E-state index contributed by atoms with van der Waals surface area (Å²) in [6.45, 7) is 8.15. The molecule has 25 heavy (non-hydrogen) atoms. The number of aliphatic hydroxyl groups is 2. The number of carbonyl (C=O) groups is 2. The molecule has 0 spiro atoms. The molecule has 6 atom stereocenters. The van der Waals surface area contributed by atoms with Gasteiger partial charge in [-0.1, -0.05) is 27.2 Å². The van der Waals surface area contributed by atoms with Gasteiger partial charge in [0.25, 0.3) is 0 Å². The Bertz CT molecular complexity index is 692. The zero-order chi connectivity index (χ0) is 18.4. The molecule has 1 aliphatic heterocycles. The van der Waals surface area contributed by atoms with E-state index in [-0.39, 0.29) is 27.8 Å². The van der Waals surface area contributed by atoms with Crippen LogP contribution >= 0.6 is 0 Å². The standard InChI is InChI=1S/C20H28O5/c1-10-12-14(25-17(10)23)13(21)15-19(4)8-5-7-18(2,3)11(19)6-9-20(15,24)16(12)22/h11,14-16,22,24H,5-9H2,1-4H3/t11-,14-,15+,16+,19-,20-/m1/s1. The molecule has 0 unspecified atom stereocenters. The van der Waals surface area contributed by atoms with Gasteiger partial charge in [0.05, 0.1) is 5.92 Å². The summed E-state index contributed by atoms with van der Waals surface area (Å²) in [5, 5.41) is 22.5. The summed E-state index contributed by atoms with van der Waals surface area (Å²) in [7, 11) is 0. The fraction of sp³-hybridized carbons (Fsp3) is 0.800. The van der Waals surface area contributed by atoms with E-state index in [1.165, 1.54) is 0 Å². The molecule has 5 heteroatoms. The zero-order valence-corrected chi connectivity index (χ0v) is 15.5. The molecule has 3 saturated carbocycles. The number of Topliss-reactive ketones (excluding diaryl/α,β-unsaturated/α-hetero) is 1. The molecule has 138 valence electrons. The number of hydrogen-bond donors (Lipinski definition) is 2. The Morgan fingerprint density at radius 3 is 2.48 bits per heavy atom. The molecule has 0 aromatic rings. The van der Waals surface area contributed by atoms with E-state index in [1.54, 1.807) is 6.92 Å². The highest BCUT2D eigenvalue weighted by molar-refractivity contribution is 6.02. The lowest BCUT2D eigenvalue weighted by atomic mass is 9.42. The number of fused-ring (bicyclic) bond motifs is 4. The Morgan fingerprint density at radius 2 is 1.80 bits per heavy atom. The van der Waals surface area contributed by atoms with Crippen molar-refractivity contribution in [2.75, 3.05) is 0 Å². The van der Waals surface area contributed by atoms with Crippen LogP contribution in [0.25, 0.3) is 0 Å². The summed E-state index contributed by atoms with van der Waals surface area (Å²) in [5.74, 6) is -1.17. The van der Waals surface area contributed by atoms with Gasteiger partial charge in [0.2, 0.25) is 0 Å². The lowest BCUT2D eigenvalue weighted by Crippen LogP contribution is -2.69. The molecule has 0 aromatic heterocycles. The normalized spacial score (nSPS) is 48.6. The fourth-order valence-electron chi connectivity index (χ4n) is 6.74. The van der Waals surface area contributed by atoms with E-state index in [0.29, 0.717) is 12.3 Å². The van der Waals surface area contributed by atoms with Crippen LogP contribution in [0.4, 0.5) is 0 Å². The van der Waals surface area contributed by atoms with E-state index in [1.807, 2.05) is 0 Å². The number of ketones is 1. The van der Waals surface area contributed by atoms with E-state index in [9.17, 15) is 19.8 Å². The zero-order valence-electron chi connectivity index (χ0n) is 15.5. The molecule has 0 aromatic carbocycles. The first-order valence-corrected chi connectivity index (χ1v) is 9.40. The van der Waals surface area contributed by atoms with Crippen molar-refractivity contribution in [1.82, 2.24) is 0 Å². The summed E-state index contributed by atoms with van der Waals surface area (Å²) in [5.41, 5.74) is -1.24. The van der Waals surface area contributed by atoms with Gasteiger partial charge in [0.15, 0.2) is 11.9 Å². The first kappa shape index (κ1) is 17.2.